The first kappa shape index (κ1) is 19.3. The molecule has 0 aromatic heterocycles. The first-order valence-electron chi connectivity index (χ1n) is 7.64. The first-order valence-corrected chi connectivity index (χ1v) is 8.02. The van der Waals surface area contributed by atoms with E-state index in [-0.39, 0.29) is 0 Å². The van der Waals surface area contributed by atoms with E-state index in [2.05, 4.69) is 5.32 Å². The summed E-state index contributed by atoms with van der Waals surface area (Å²) in [6.45, 7) is -0.418. The summed E-state index contributed by atoms with van der Waals surface area (Å²) >= 11 is 5.98. The van der Waals surface area contributed by atoms with E-state index in [9.17, 15) is 9.59 Å². The molecule has 0 heterocycles. The SMILES string of the molecule is COc1ccc(NC(=O)COC(=O)/C=C/c2ccccc2OC)cc1Cl. The highest BCUT2D eigenvalue weighted by molar-refractivity contribution is 6.32. The van der Waals surface area contributed by atoms with Crippen LogP contribution in [0.5, 0.6) is 11.5 Å². The number of anilines is 1. The van der Waals surface area contributed by atoms with Crippen LogP contribution in [0.15, 0.2) is 48.5 Å². The van der Waals surface area contributed by atoms with Crippen LogP contribution in [-0.2, 0) is 14.3 Å². The normalized spacial score (nSPS) is 10.4. The van der Waals surface area contributed by atoms with Crippen LogP contribution in [0.3, 0.4) is 0 Å². The topological polar surface area (TPSA) is 73.9 Å². The van der Waals surface area contributed by atoms with Gasteiger partial charge in [-0.1, -0.05) is 29.8 Å². The number of carbonyl (C=O) groups is 2. The van der Waals surface area contributed by atoms with Gasteiger partial charge in [-0.3, -0.25) is 4.79 Å². The van der Waals surface area contributed by atoms with E-state index in [1.807, 2.05) is 12.1 Å². The number of rotatable bonds is 7. The second-order valence-corrected chi connectivity index (χ2v) is 5.49. The van der Waals surface area contributed by atoms with E-state index in [4.69, 9.17) is 25.8 Å². The molecule has 26 heavy (non-hydrogen) atoms. The van der Waals surface area contributed by atoms with E-state index in [0.29, 0.717) is 22.2 Å². The Morgan fingerprint density at radius 3 is 2.50 bits per heavy atom. The van der Waals surface area contributed by atoms with Gasteiger partial charge in [-0.05, 0) is 30.3 Å². The van der Waals surface area contributed by atoms with Gasteiger partial charge in [0.15, 0.2) is 6.61 Å². The standard InChI is InChI=1S/C19H18ClNO5/c1-24-16-6-4-3-5-13(16)7-10-19(23)26-12-18(22)21-14-8-9-17(25-2)15(20)11-14/h3-11H,12H2,1-2H3,(H,21,22)/b10-7+. The Labute approximate surface area is 156 Å². The predicted molar refractivity (Wildman–Crippen MR) is 99.6 cm³/mol. The second kappa shape index (κ2) is 9.48. The molecule has 0 aliphatic rings. The number of para-hydroxylation sites is 1. The molecule has 1 N–H and O–H groups in total. The largest absolute Gasteiger partial charge is 0.496 e. The number of nitrogens with one attached hydrogen (secondary N) is 1. The number of hydrogen-bond donors (Lipinski definition) is 1. The summed E-state index contributed by atoms with van der Waals surface area (Å²) < 4.78 is 15.1. The predicted octanol–water partition coefficient (Wildman–Crippen LogP) is 3.55. The first-order chi connectivity index (χ1) is 12.5. The van der Waals surface area contributed by atoms with Crippen molar-refractivity contribution in [2.75, 3.05) is 26.1 Å². The van der Waals surface area contributed by atoms with Gasteiger partial charge in [0.1, 0.15) is 11.5 Å². The van der Waals surface area contributed by atoms with Crippen molar-refractivity contribution in [1.29, 1.82) is 0 Å². The Kier molecular flexibility index (Phi) is 7.05. The molecule has 0 aliphatic heterocycles. The molecule has 2 rings (SSSR count). The van der Waals surface area contributed by atoms with Crippen molar-refractivity contribution in [3.05, 3.63) is 59.1 Å². The lowest BCUT2D eigenvalue weighted by Gasteiger charge is -2.08. The Morgan fingerprint density at radius 1 is 1.08 bits per heavy atom. The molecule has 0 unspecified atom stereocenters. The van der Waals surface area contributed by atoms with Gasteiger partial charge in [0, 0.05) is 17.3 Å². The van der Waals surface area contributed by atoms with Crippen molar-refractivity contribution in [2.45, 2.75) is 0 Å². The number of amides is 1. The summed E-state index contributed by atoms with van der Waals surface area (Å²) in [5, 5.41) is 2.94. The van der Waals surface area contributed by atoms with Gasteiger partial charge in [-0.25, -0.2) is 4.79 Å². The van der Waals surface area contributed by atoms with Gasteiger partial charge in [0.05, 0.1) is 19.2 Å². The van der Waals surface area contributed by atoms with Crippen LogP contribution < -0.4 is 14.8 Å². The lowest BCUT2D eigenvalue weighted by molar-refractivity contribution is -0.142. The van der Waals surface area contributed by atoms with Crippen LogP contribution in [0.25, 0.3) is 6.08 Å². The number of esters is 1. The van der Waals surface area contributed by atoms with Gasteiger partial charge < -0.3 is 19.5 Å². The van der Waals surface area contributed by atoms with Crippen LogP contribution >= 0.6 is 11.6 Å². The molecule has 0 aliphatic carbocycles. The molecular weight excluding hydrogens is 358 g/mol. The Bertz CT molecular complexity index is 819. The molecule has 0 fully saturated rings. The molecule has 0 saturated heterocycles. The highest BCUT2D eigenvalue weighted by Crippen LogP contribution is 2.27. The zero-order valence-corrected chi connectivity index (χ0v) is 15.1. The third kappa shape index (κ3) is 5.53. The van der Waals surface area contributed by atoms with Crippen molar-refractivity contribution >= 4 is 35.2 Å². The molecule has 1 amide bonds. The second-order valence-electron chi connectivity index (χ2n) is 5.08. The Balaban J connectivity index is 1.86. The molecule has 0 saturated carbocycles. The number of hydrogen-bond acceptors (Lipinski definition) is 5. The monoisotopic (exact) mass is 375 g/mol. The molecule has 0 radical (unpaired) electrons. The fraction of sp³-hybridized carbons (Fsp3) is 0.158. The highest BCUT2D eigenvalue weighted by Gasteiger charge is 2.08. The molecule has 0 atom stereocenters. The number of carbonyl (C=O) groups excluding carboxylic acids is 2. The average molecular weight is 376 g/mol. The van der Waals surface area contributed by atoms with E-state index < -0.39 is 18.5 Å². The van der Waals surface area contributed by atoms with E-state index in [1.54, 1.807) is 43.5 Å². The number of ether oxygens (including phenoxy) is 3. The zero-order valence-electron chi connectivity index (χ0n) is 14.3. The Hall–Kier alpha value is -2.99. The van der Waals surface area contributed by atoms with Crippen molar-refractivity contribution in [1.82, 2.24) is 0 Å². The molecule has 2 aromatic rings. The average Bonchev–Trinajstić information content (AvgIpc) is 2.65. The molecule has 6 nitrogen and oxygen atoms in total. The maximum absolute atomic E-state index is 11.9. The fourth-order valence-corrected chi connectivity index (χ4v) is 2.35. The minimum Gasteiger partial charge on any atom is -0.496 e. The number of methoxy groups -OCH3 is 2. The zero-order chi connectivity index (χ0) is 18.9. The van der Waals surface area contributed by atoms with Gasteiger partial charge >= 0.3 is 5.97 Å². The quantitative estimate of drug-likeness (QED) is 0.591. The maximum atomic E-state index is 11.9. The van der Waals surface area contributed by atoms with E-state index in [1.165, 1.54) is 13.2 Å². The molecule has 0 spiro atoms. The summed E-state index contributed by atoms with van der Waals surface area (Å²) in [4.78, 5) is 23.6. The maximum Gasteiger partial charge on any atom is 0.331 e. The van der Waals surface area contributed by atoms with Crippen molar-refractivity contribution in [3.8, 4) is 11.5 Å². The summed E-state index contributed by atoms with van der Waals surface area (Å²) in [5.41, 5.74) is 1.20. The Morgan fingerprint density at radius 2 is 1.81 bits per heavy atom. The summed E-state index contributed by atoms with van der Waals surface area (Å²) in [7, 11) is 3.04. The van der Waals surface area contributed by atoms with Crippen LogP contribution in [0.1, 0.15) is 5.56 Å². The van der Waals surface area contributed by atoms with Crippen LogP contribution in [0, 0.1) is 0 Å². The minimum atomic E-state index is -0.640. The minimum absolute atomic E-state index is 0.363. The van der Waals surface area contributed by atoms with Crippen molar-refractivity contribution in [2.24, 2.45) is 0 Å². The van der Waals surface area contributed by atoms with E-state index >= 15 is 0 Å². The molecule has 0 bridgehead atoms. The summed E-state index contributed by atoms with van der Waals surface area (Å²) in [6, 6.07) is 12.0. The molecule has 2 aromatic carbocycles. The third-order valence-electron chi connectivity index (χ3n) is 3.32. The van der Waals surface area contributed by atoms with Crippen molar-refractivity contribution < 1.29 is 23.8 Å². The molecular formula is C19H18ClNO5. The van der Waals surface area contributed by atoms with Gasteiger partial charge in [0.2, 0.25) is 0 Å². The van der Waals surface area contributed by atoms with Crippen LogP contribution in [0.4, 0.5) is 5.69 Å². The third-order valence-corrected chi connectivity index (χ3v) is 3.61. The molecule has 136 valence electrons. The lowest BCUT2D eigenvalue weighted by Crippen LogP contribution is -2.20. The number of halogens is 1. The van der Waals surface area contributed by atoms with Gasteiger partial charge in [-0.15, -0.1) is 0 Å². The van der Waals surface area contributed by atoms with Gasteiger partial charge in [0.25, 0.3) is 5.91 Å². The molecule has 7 heteroatoms. The van der Waals surface area contributed by atoms with Crippen molar-refractivity contribution in [3.63, 3.8) is 0 Å². The fourth-order valence-electron chi connectivity index (χ4n) is 2.09. The number of benzene rings is 2. The smallest absolute Gasteiger partial charge is 0.331 e. The lowest BCUT2D eigenvalue weighted by atomic mass is 10.2. The highest BCUT2D eigenvalue weighted by atomic mass is 35.5. The van der Waals surface area contributed by atoms with Crippen LogP contribution in [0.2, 0.25) is 5.02 Å². The van der Waals surface area contributed by atoms with E-state index in [0.717, 1.165) is 5.56 Å². The summed E-state index contributed by atoms with van der Waals surface area (Å²) in [6.07, 6.45) is 2.79. The van der Waals surface area contributed by atoms with Crippen LogP contribution in [-0.4, -0.2) is 32.7 Å². The van der Waals surface area contributed by atoms with Gasteiger partial charge in [-0.2, -0.15) is 0 Å². The summed E-state index contributed by atoms with van der Waals surface area (Å²) in [5.74, 6) is 0.00680.